The van der Waals surface area contributed by atoms with Crippen LogP contribution in [0, 0.1) is 43.4 Å². The third-order valence-electron chi connectivity index (χ3n) is 7.35. The van der Waals surface area contributed by atoms with E-state index in [9.17, 15) is 19.2 Å². The number of carbonyl (C=O) groups is 4. The standard InChI is InChI=1S/C24H27Br2NO5/c1-10(2)21(24(31)32-9-16(28)13-6-5-11(3)12(4)7-13)27-22(29)17-14-8-15(18(17)23(27)30)20(26)19(14)25/h5-7,10,14-15,17-21H,8-9H2,1-4H3. The van der Waals surface area contributed by atoms with E-state index in [1.807, 2.05) is 19.9 Å². The van der Waals surface area contributed by atoms with Gasteiger partial charge in [0.25, 0.3) is 0 Å². The molecule has 8 heteroatoms. The molecule has 2 aliphatic carbocycles. The molecule has 7 atom stereocenters. The van der Waals surface area contributed by atoms with Crippen molar-refractivity contribution < 1.29 is 23.9 Å². The van der Waals surface area contributed by atoms with Crippen LogP contribution in [-0.2, 0) is 19.1 Å². The molecule has 0 radical (unpaired) electrons. The molecule has 0 spiro atoms. The number of esters is 1. The predicted molar refractivity (Wildman–Crippen MR) is 126 cm³/mol. The van der Waals surface area contributed by atoms with Gasteiger partial charge in [-0.15, -0.1) is 0 Å². The number of hydrogen-bond donors (Lipinski definition) is 0. The van der Waals surface area contributed by atoms with Gasteiger partial charge in [0.1, 0.15) is 6.04 Å². The van der Waals surface area contributed by atoms with Crippen LogP contribution in [0.4, 0.5) is 0 Å². The number of imide groups is 1. The molecule has 1 aromatic rings. The quantitative estimate of drug-likeness (QED) is 0.225. The highest BCUT2D eigenvalue weighted by atomic mass is 79.9. The number of ketones is 1. The van der Waals surface area contributed by atoms with Gasteiger partial charge in [-0.05, 0) is 55.2 Å². The molecule has 3 aliphatic rings. The fourth-order valence-corrected chi connectivity index (χ4v) is 7.42. The van der Waals surface area contributed by atoms with Gasteiger partial charge in [0.2, 0.25) is 11.8 Å². The molecule has 2 saturated carbocycles. The minimum absolute atomic E-state index is 0.0750. The first-order valence-electron chi connectivity index (χ1n) is 11.0. The number of ether oxygens (including phenoxy) is 1. The van der Waals surface area contributed by atoms with Crippen LogP contribution in [0.2, 0.25) is 0 Å². The Morgan fingerprint density at radius 1 is 1.03 bits per heavy atom. The molecule has 1 saturated heterocycles. The number of rotatable bonds is 6. The average Bonchev–Trinajstić information content (AvgIpc) is 3.34. The summed E-state index contributed by atoms with van der Waals surface area (Å²) in [5.74, 6) is -2.56. The van der Waals surface area contributed by atoms with Crippen LogP contribution in [-0.4, -0.2) is 50.8 Å². The second-order valence-corrected chi connectivity index (χ2v) is 11.7. The minimum atomic E-state index is -1.03. The van der Waals surface area contributed by atoms with E-state index >= 15 is 0 Å². The van der Waals surface area contributed by atoms with Crippen LogP contribution >= 0.6 is 31.9 Å². The van der Waals surface area contributed by atoms with Crippen molar-refractivity contribution in [2.75, 3.05) is 6.61 Å². The molecule has 1 aliphatic heterocycles. The minimum Gasteiger partial charge on any atom is -0.456 e. The number of likely N-dealkylation sites (tertiary alicyclic amines) is 1. The van der Waals surface area contributed by atoms with Gasteiger partial charge in [0.15, 0.2) is 12.4 Å². The van der Waals surface area contributed by atoms with E-state index in [1.54, 1.807) is 26.0 Å². The maximum Gasteiger partial charge on any atom is 0.330 e. The van der Waals surface area contributed by atoms with Crippen molar-refractivity contribution in [1.29, 1.82) is 0 Å². The maximum atomic E-state index is 13.3. The van der Waals surface area contributed by atoms with Crippen LogP contribution < -0.4 is 0 Å². The van der Waals surface area contributed by atoms with Gasteiger partial charge in [-0.25, -0.2) is 4.79 Å². The number of Topliss-reactive ketones (excluding diaryl/α,β-unsaturated/α-hetero) is 1. The lowest BCUT2D eigenvalue weighted by Gasteiger charge is -2.28. The summed E-state index contributed by atoms with van der Waals surface area (Å²) in [6.07, 6.45) is 0.827. The molecule has 7 unspecified atom stereocenters. The van der Waals surface area contributed by atoms with E-state index in [0.717, 1.165) is 22.4 Å². The smallest absolute Gasteiger partial charge is 0.330 e. The number of alkyl halides is 2. The molecule has 4 rings (SSSR count). The molecular formula is C24H27Br2NO5. The summed E-state index contributed by atoms with van der Waals surface area (Å²) in [6, 6.07) is 4.29. The summed E-state index contributed by atoms with van der Waals surface area (Å²) in [6.45, 7) is 7.00. The summed E-state index contributed by atoms with van der Waals surface area (Å²) >= 11 is 7.35. The van der Waals surface area contributed by atoms with Crippen LogP contribution in [0.25, 0.3) is 0 Å². The first-order chi connectivity index (χ1) is 15.0. The maximum absolute atomic E-state index is 13.3. The number of aryl methyl sites for hydroxylation is 2. The number of benzene rings is 1. The van der Waals surface area contributed by atoms with Crippen molar-refractivity contribution in [2.45, 2.75) is 49.8 Å². The van der Waals surface area contributed by atoms with Gasteiger partial charge >= 0.3 is 5.97 Å². The Morgan fingerprint density at radius 3 is 2.09 bits per heavy atom. The third kappa shape index (κ3) is 3.67. The van der Waals surface area contributed by atoms with Gasteiger partial charge in [-0.2, -0.15) is 0 Å². The Labute approximate surface area is 204 Å². The Morgan fingerprint density at radius 2 is 1.59 bits per heavy atom. The monoisotopic (exact) mass is 567 g/mol. The predicted octanol–water partition coefficient (Wildman–Crippen LogP) is 3.83. The van der Waals surface area contributed by atoms with E-state index in [2.05, 4.69) is 31.9 Å². The first kappa shape index (κ1) is 23.6. The fraction of sp³-hybridized carbons (Fsp3) is 0.583. The van der Waals surface area contributed by atoms with E-state index in [0.29, 0.717) is 5.56 Å². The van der Waals surface area contributed by atoms with E-state index < -0.39 is 30.5 Å². The van der Waals surface area contributed by atoms with Crippen molar-refractivity contribution in [3.05, 3.63) is 34.9 Å². The van der Waals surface area contributed by atoms with Crippen LogP contribution in [0.15, 0.2) is 18.2 Å². The molecular weight excluding hydrogens is 542 g/mol. The Bertz CT molecular complexity index is 961. The van der Waals surface area contributed by atoms with Gasteiger partial charge in [-0.3, -0.25) is 19.3 Å². The number of carbonyl (C=O) groups excluding carboxylic acids is 4. The van der Waals surface area contributed by atoms with Crippen LogP contribution in [0.1, 0.15) is 41.8 Å². The number of halogens is 2. The lowest BCUT2D eigenvalue weighted by Crippen LogP contribution is -2.50. The molecule has 2 bridgehead atoms. The summed E-state index contributed by atoms with van der Waals surface area (Å²) in [5, 5.41) is 0. The normalized spacial score (nSPS) is 31.9. The van der Waals surface area contributed by atoms with Crippen molar-refractivity contribution in [3.8, 4) is 0 Å². The second kappa shape index (κ2) is 8.67. The van der Waals surface area contributed by atoms with Gasteiger partial charge < -0.3 is 4.74 Å². The molecule has 2 amide bonds. The fourth-order valence-electron chi connectivity index (χ4n) is 5.54. The molecule has 1 aromatic carbocycles. The Hall–Kier alpha value is -1.54. The topological polar surface area (TPSA) is 80.8 Å². The summed E-state index contributed by atoms with van der Waals surface area (Å²) < 4.78 is 5.34. The SMILES string of the molecule is Cc1ccc(C(=O)COC(=O)C(C(C)C)N2C(=O)C3C4CC(C(Br)C4Br)C3C2=O)cc1C. The van der Waals surface area contributed by atoms with Crippen LogP contribution in [0.3, 0.4) is 0 Å². The number of nitrogens with zero attached hydrogens (tertiary/aromatic N) is 1. The first-order valence-corrected chi connectivity index (χ1v) is 12.8. The summed E-state index contributed by atoms with van der Waals surface area (Å²) in [5.41, 5.74) is 2.51. The molecule has 3 fully saturated rings. The second-order valence-electron chi connectivity index (χ2n) is 9.57. The van der Waals surface area contributed by atoms with Crippen molar-refractivity contribution in [2.24, 2.45) is 29.6 Å². The third-order valence-corrected chi connectivity index (χ3v) is 10.6. The number of amides is 2. The van der Waals surface area contributed by atoms with Crippen LogP contribution in [0.5, 0.6) is 0 Å². The molecule has 6 nitrogen and oxygen atoms in total. The van der Waals surface area contributed by atoms with Gasteiger partial charge in [-0.1, -0.05) is 57.8 Å². The largest absolute Gasteiger partial charge is 0.456 e. The molecule has 1 heterocycles. The van der Waals surface area contributed by atoms with Gasteiger partial charge in [0.05, 0.1) is 11.8 Å². The van der Waals surface area contributed by atoms with E-state index in [4.69, 9.17) is 4.74 Å². The zero-order chi connectivity index (χ0) is 23.5. The lowest BCUT2D eigenvalue weighted by atomic mass is 9.81. The highest BCUT2D eigenvalue weighted by Crippen LogP contribution is 2.60. The number of hydrogen-bond acceptors (Lipinski definition) is 5. The van der Waals surface area contributed by atoms with Crippen molar-refractivity contribution >= 4 is 55.4 Å². The Kier molecular flexibility index (Phi) is 6.40. The van der Waals surface area contributed by atoms with Crippen molar-refractivity contribution in [3.63, 3.8) is 0 Å². The summed E-state index contributed by atoms with van der Waals surface area (Å²) in [4.78, 5) is 53.6. The highest BCUT2D eigenvalue weighted by molar-refractivity contribution is 9.12. The molecule has 172 valence electrons. The van der Waals surface area contributed by atoms with E-state index in [-0.39, 0.29) is 45.0 Å². The number of fused-ring (bicyclic) bond motifs is 5. The van der Waals surface area contributed by atoms with E-state index in [1.165, 1.54) is 0 Å². The lowest BCUT2D eigenvalue weighted by molar-refractivity contribution is -0.160. The average molecular weight is 569 g/mol. The molecule has 0 aromatic heterocycles. The highest BCUT2D eigenvalue weighted by Gasteiger charge is 2.67. The Balaban J connectivity index is 1.49. The van der Waals surface area contributed by atoms with Gasteiger partial charge in [0, 0.05) is 15.2 Å². The molecule has 0 N–H and O–H groups in total. The molecule has 32 heavy (non-hydrogen) atoms. The van der Waals surface area contributed by atoms with Crippen molar-refractivity contribution in [1.82, 2.24) is 4.90 Å². The zero-order valence-electron chi connectivity index (χ0n) is 18.5. The zero-order valence-corrected chi connectivity index (χ0v) is 21.7. The summed E-state index contributed by atoms with van der Waals surface area (Å²) in [7, 11) is 0.